The van der Waals surface area contributed by atoms with E-state index in [-0.39, 0.29) is 11.2 Å². The Morgan fingerprint density at radius 1 is 1.29 bits per heavy atom. The molecule has 1 aliphatic carbocycles. The molecule has 2 rings (SSSR count). The van der Waals surface area contributed by atoms with Gasteiger partial charge in [-0.05, 0) is 42.4 Å². The lowest BCUT2D eigenvalue weighted by atomic mass is 9.77. The van der Waals surface area contributed by atoms with Gasteiger partial charge in [-0.25, -0.2) is 4.39 Å². The van der Waals surface area contributed by atoms with Crippen molar-refractivity contribution in [2.75, 3.05) is 0 Å². The molecule has 1 fully saturated rings. The molecule has 0 amide bonds. The van der Waals surface area contributed by atoms with Gasteiger partial charge in [0.15, 0.2) is 0 Å². The molecule has 1 saturated carbocycles. The lowest BCUT2D eigenvalue weighted by Crippen LogP contribution is -2.20. The first-order valence-electron chi connectivity index (χ1n) is 5.53. The highest BCUT2D eigenvalue weighted by Gasteiger charge is 2.33. The summed E-state index contributed by atoms with van der Waals surface area (Å²) >= 11 is 0. The fraction of sp³-hybridized carbons (Fsp3) is 0.538. The van der Waals surface area contributed by atoms with Gasteiger partial charge in [0.25, 0.3) is 0 Å². The maximum atomic E-state index is 13.1. The van der Waals surface area contributed by atoms with Crippen LogP contribution in [-0.2, 0) is 5.41 Å². The molecule has 0 spiro atoms. The maximum absolute atomic E-state index is 13.1. The monoisotopic (exact) mass is 192 g/mol. The van der Waals surface area contributed by atoms with E-state index >= 15 is 0 Å². The summed E-state index contributed by atoms with van der Waals surface area (Å²) in [4.78, 5) is 0. The fourth-order valence-corrected chi connectivity index (χ4v) is 2.72. The van der Waals surface area contributed by atoms with Crippen molar-refractivity contribution in [1.29, 1.82) is 0 Å². The van der Waals surface area contributed by atoms with Gasteiger partial charge in [0.1, 0.15) is 5.82 Å². The van der Waals surface area contributed by atoms with Gasteiger partial charge in [-0.15, -0.1) is 0 Å². The van der Waals surface area contributed by atoms with Crippen molar-refractivity contribution in [2.45, 2.75) is 44.4 Å². The van der Waals surface area contributed by atoms with Gasteiger partial charge >= 0.3 is 0 Å². The van der Waals surface area contributed by atoms with E-state index in [1.54, 1.807) is 6.07 Å². The van der Waals surface area contributed by atoms with Gasteiger partial charge in [0, 0.05) is 0 Å². The smallest absolute Gasteiger partial charge is 0.123 e. The average Bonchev–Trinajstić information content (AvgIpc) is 2.67. The van der Waals surface area contributed by atoms with Crippen LogP contribution in [0.4, 0.5) is 4.39 Å². The zero-order chi connectivity index (χ0) is 10.0. The summed E-state index contributed by atoms with van der Waals surface area (Å²) in [6.45, 7) is 2.22. The third-order valence-electron chi connectivity index (χ3n) is 3.67. The van der Waals surface area contributed by atoms with Crippen LogP contribution in [0.1, 0.15) is 44.6 Å². The van der Waals surface area contributed by atoms with Crippen LogP contribution in [0.25, 0.3) is 0 Å². The molecule has 0 nitrogen and oxygen atoms in total. The zero-order valence-electron chi connectivity index (χ0n) is 8.72. The predicted molar refractivity (Wildman–Crippen MR) is 56.8 cm³/mol. The van der Waals surface area contributed by atoms with E-state index < -0.39 is 0 Å². The number of hydrogen-bond acceptors (Lipinski definition) is 0. The van der Waals surface area contributed by atoms with E-state index in [1.165, 1.54) is 37.3 Å². The van der Waals surface area contributed by atoms with Crippen LogP contribution in [0, 0.1) is 5.82 Å². The molecule has 0 aliphatic heterocycles. The Labute approximate surface area is 85.1 Å². The summed E-state index contributed by atoms with van der Waals surface area (Å²) < 4.78 is 13.1. The van der Waals surface area contributed by atoms with Gasteiger partial charge in [-0.1, -0.05) is 31.9 Å². The number of rotatable bonds is 2. The van der Waals surface area contributed by atoms with Crippen molar-refractivity contribution in [3.8, 4) is 0 Å². The summed E-state index contributed by atoms with van der Waals surface area (Å²) in [5, 5.41) is 0. The summed E-state index contributed by atoms with van der Waals surface area (Å²) in [6, 6.07) is 7.16. The molecule has 0 N–H and O–H groups in total. The molecule has 14 heavy (non-hydrogen) atoms. The lowest BCUT2D eigenvalue weighted by molar-refractivity contribution is 0.422. The Kier molecular flexibility index (Phi) is 2.58. The normalized spacial score (nSPS) is 19.9. The third-order valence-corrected chi connectivity index (χ3v) is 3.67. The Bertz CT molecular complexity index is 311. The van der Waals surface area contributed by atoms with E-state index in [9.17, 15) is 4.39 Å². The van der Waals surface area contributed by atoms with Gasteiger partial charge < -0.3 is 0 Å². The summed E-state index contributed by atoms with van der Waals surface area (Å²) in [5.41, 5.74) is 1.49. The molecule has 1 heteroatoms. The van der Waals surface area contributed by atoms with Gasteiger partial charge in [-0.2, -0.15) is 0 Å². The number of benzene rings is 1. The fourth-order valence-electron chi connectivity index (χ4n) is 2.72. The molecule has 0 aromatic heterocycles. The number of hydrogen-bond donors (Lipinski definition) is 0. The van der Waals surface area contributed by atoms with Gasteiger partial charge in [-0.3, -0.25) is 0 Å². The Morgan fingerprint density at radius 2 is 2.00 bits per heavy atom. The molecule has 0 unspecified atom stereocenters. The Morgan fingerprint density at radius 3 is 2.57 bits per heavy atom. The van der Waals surface area contributed by atoms with Crippen LogP contribution in [0.15, 0.2) is 24.3 Å². The molecule has 1 aromatic carbocycles. The Balaban J connectivity index is 2.35. The average molecular weight is 192 g/mol. The van der Waals surface area contributed by atoms with Crippen LogP contribution in [-0.4, -0.2) is 0 Å². The van der Waals surface area contributed by atoms with Crippen molar-refractivity contribution in [3.63, 3.8) is 0 Å². The molecule has 76 valence electrons. The second kappa shape index (κ2) is 3.72. The predicted octanol–water partition coefficient (Wildman–Crippen LogP) is 4.05. The topological polar surface area (TPSA) is 0 Å². The van der Waals surface area contributed by atoms with Crippen LogP contribution in [0.3, 0.4) is 0 Å². The first-order chi connectivity index (χ1) is 6.77. The molecule has 0 radical (unpaired) electrons. The van der Waals surface area contributed by atoms with E-state index in [2.05, 4.69) is 13.0 Å². The SMILES string of the molecule is CCC1(c2cccc(F)c2)CCCC1. The molecule has 1 aliphatic rings. The number of halogens is 1. The quantitative estimate of drug-likeness (QED) is 0.663. The molecule has 1 aromatic rings. The van der Waals surface area contributed by atoms with Crippen molar-refractivity contribution < 1.29 is 4.39 Å². The standard InChI is InChI=1S/C13H17F/c1-2-13(8-3-4-9-13)11-6-5-7-12(14)10-11/h5-7,10H,2-4,8-9H2,1H3. The van der Waals surface area contributed by atoms with Crippen LogP contribution in [0.2, 0.25) is 0 Å². The van der Waals surface area contributed by atoms with Crippen molar-refractivity contribution >= 4 is 0 Å². The van der Waals surface area contributed by atoms with Gasteiger partial charge in [0.2, 0.25) is 0 Å². The minimum Gasteiger partial charge on any atom is -0.207 e. The van der Waals surface area contributed by atoms with Crippen molar-refractivity contribution in [2.24, 2.45) is 0 Å². The van der Waals surface area contributed by atoms with Gasteiger partial charge in [0.05, 0.1) is 0 Å². The highest BCUT2D eigenvalue weighted by atomic mass is 19.1. The van der Waals surface area contributed by atoms with E-state index in [0.717, 1.165) is 6.42 Å². The van der Waals surface area contributed by atoms with Crippen molar-refractivity contribution in [1.82, 2.24) is 0 Å². The minimum absolute atomic E-state index is 0.0952. The highest BCUT2D eigenvalue weighted by molar-refractivity contribution is 5.27. The summed E-state index contributed by atoms with van der Waals surface area (Å²) in [7, 11) is 0. The summed E-state index contributed by atoms with van der Waals surface area (Å²) in [5.74, 6) is -0.0952. The first kappa shape index (κ1) is 9.70. The molecular formula is C13H17F. The molecule has 0 heterocycles. The maximum Gasteiger partial charge on any atom is 0.123 e. The highest BCUT2D eigenvalue weighted by Crippen LogP contribution is 2.43. The molecular weight excluding hydrogens is 175 g/mol. The summed E-state index contributed by atoms with van der Waals surface area (Å²) in [6.07, 6.45) is 6.19. The zero-order valence-corrected chi connectivity index (χ0v) is 8.72. The molecule has 0 atom stereocenters. The van der Waals surface area contributed by atoms with Crippen LogP contribution in [0.5, 0.6) is 0 Å². The van der Waals surface area contributed by atoms with E-state index in [4.69, 9.17) is 0 Å². The second-order valence-electron chi connectivity index (χ2n) is 4.35. The lowest BCUT2D eigenvalue weighted by Gasteiger charge is -2.28. The molecule has 0 saturated heterocycles. The van der Waals surface area contributed by atoms with Crippen LogP contribution < -0.4 is 0 Å². The third kappa shape index (κ3) is 1.56. The Hall–Kier alpha value is -0.850. The second-order valence-corrected chi connectivity index (χ2v) is 4.35. The van der Waals surface area contributed by atoms with E-state index in [1.807, 2.05) is 6.07 Å². The largest absolute Gasteiger partial charge is 0.207 e. The van der Waals surface area contributed by atoms with Crippen molar-refractivity contribution in [3.05, 3.63) is 35.6 Å². The van der Waals surface area contributed by atoms with Crippen LogP contribution >= 0.6 is 0 Å². The van der Waals surface area contributed by atoms with E-state index in [0.29, 0.717) is 0 Å². The first-order valence-corrected chi connectivity index (χ1v) is 5.53. The minimum atomic E-state index is -0.0952. The molecule has 0 bridgehead atoms.